The highest BCUT2D eigenvalue weighted by Gasteiger charge is 2.16. The van der Waals surface area contributed by atoms with Gasteiger partial charge in [0.25, 0.3) is 5.91 Å². The van der Waals surface area contributed by atoms with E-state index in [-0.39, 0.29) is 5.91 Å². The molecule has 4 heteroatoms. The minimum Gasteiger partial charge on any atom is -0.337 e. The van der Waals surface area contributed by atoms with E-state index in [1.165, 1.54) is 10.4 Å². The van der Waals surface area contributed by atoms with E-state index < -0.39 is 0 Å². The lowest BCUT2D eigenvalue weighted by Gasteiger charge is -2.18. The predicted molar refractivity (Wildman–Crippen MR) is 83.7 cm³/mol. The maximum absolute atomic E-state index is 12.5. The molecule has 0 N–H and O–H groups in total. The summed E-state index contributed by atoms with van der Waals surface area (Å²) in [6, 6.07) is 7.92. The Morgan fingerprint density at radius 1 is 1.32 bits per heavy atom. The van der Waals surface area contributed by atoms with E-state index in [4.69, 9.17) is 0 Å². The van der Waals surface area contributed by atoms with E-state index in [2.05, 4.69) is 34.3 Å². The van der Waals surface area contributed by atoms with Crippen LogP contribution in [0.2, 0.25) is 0 Å². The standard InChI is InChI=1S/C15H16BrNOS/c1-10-4-5-13(16)12(8-10)15(18)17(3)9-14-11(2)6-7-19-14/h4-8H,9H2,1-3H3. The van der Waals surface area contributed by atoms with Gasteiger partial charge in [-0.1, -0.05) is 11.6 Å². The number of benzene rings is 1. The quantitative estimate of drug-likeness (QED) is 0.812. The van der Waals surface area contributed by atoms with Crippen LogP contribution in [0.1, 0.15) is 26.4 Å². The van der Waals surface area contributed by atoms with Crippen molar-refractivity contribution in [3.63, 3.8) is 0 Å². The Kier molecular flexibility index (Phi) is 4.42. The Morgan fingerprint density at radius 3 is 2.68 bits per heavy atom. The van der Waals surface area contributed by atoms with E-state index in [1.807, 2.05) is 32.2 Å². The largest absolute Gasteiger partial charge is 0.337 e. The van der Waals surface area contributed by atoms with Crippen LogP contribution in [0.5, 0.6) is 0 Å². The Hall–Kier alpha value is -1.13. The summed E-state index contributed by atoms with van der Waals surface area (Å²) >= 11 is 5.14. The lowest BCUT2D eigenvalue weighted by Crippen LogP contribution is -2.26. The van der Waals surface area contributed by atoms with Crippen molar-refractivity contribution in [3.8, 4) is 0 Å². The lowest BCUT2D eigenvalue weighted by molar-refractivity contribution is 0.0785. The molecule has 0 aliphatic carbocycles. The van der Waals surface area contributed by atoms with Gasteiger partial charge >= 0.3 is 0 Å². The third kappa shape index (κ3) is 3.25. The number of hydrogen-bond donors (Lipinski definition) is 0. The Morgan fingerprint density at radius 2 is 2.05 bits per heavy atom. The third-order valence-corrected chi connectivity index (χ3v) is 4.75. The molecular formula is C15H16BrNOS. The first kappa shape index (κ1) is 14.3. The van der Waals surface area contributed by atoms with Crippen molar-refractivity contribution >= 4 is 33.2 Å². The number of rotatable bonds is 3. The first-order valence-corrected chi connectivity index (χ1v) is 7.71. The molecule has 0 saturated carbocycles. The zero-order chi connectivity index (χ0) is 14.0. The van der Waals surface area contributed by atoms with Gasteiger partial charge < -0.3 is 4.90 Å². The van der Waals surface area contributed by atoms with Gasteiger partial charge in [0.15, 0.2) is 0 Å². The van der Waals surface area contributed by atoms with Gasteiger partial charge in [-0.25, -0.2) is 0 Å². The molecule has 2 rings (SSSR count). The monoisotopic (exact) mass is 337 g/mol. The van der Waals surface area contributed by atoms with Gasteiger partial charge in [0.1, 0.15) is 0 Å². The highest BCUT2D eigenvalue weighted by molar-refractivity contribution is 9.10. The Labute approximate surface area is 126 Å². The van der Waals surface area contributed by atoms with E-state index in [9.17, 15) is 4.79 Å². The van der Waals surface area contributed by atoms with Crippen LogP contribution >= 0.6 is 27.3 Å². The van der Waals surface area contributed by atoms with Crippen molar-refractivity contribution in [2.75, 3.05) is 7.05 Å². The average Bonchev–Trinajstić information content (AvgIpc) is 2.77. The summed E-state index contributed by atoms with van der Waals surface area (Å²) in [4.78, 5) is 15.5. The molecule has 0 radical (unpaired) electrons. The molecule has 0 bridgehead atoms. The molecule has 0 saturated heterocycles. The predicted octanol–water partition coefficient (Wildman–Crippen LogP) is 4.40. The number of aryl methyl sites for hydroxylation is 2. The average molecular weight is 338 g/mol. The second-order valence-electron chi connectivity index (χ2n) is 4.67. The van der Waals surface area contributed by atoms with Gasteiger partial charge in [-0.2, -0.15) is 0 Å². The smallest absolute Gasteiger partial charge is 0.255 e. The van der Waals surface area contributed by atoms with Gasteiger partial charge in [-0.3, -0.25) is 4.79 Å². The summed E-state index contributed by atoms with van der Waals surface area (Å²) in [6.07, 6.45) is 0. The molecule has 0 spiro atoms. The maximum atomic E-state index is 12.5. The molecule has 0 fully saturated rings. The molecule has 1 aromatic heterocycles. The van der Waals surface area contributed by atoms with Crippen LogP contribution in [-0.4, -0.2) is 17.9 Å². The summed E-state index contributed by atoms with van der Waals surface area (Å²) in [5, 5.41) is 2.06. The molecule has 0 aliphatic heterocycles. The second kappa shape index (κ2) is 5.88. The zero-order valence-corrected chi connectivity index (χ0v) is 13.6. The summed E-state index contributed by atoms with van der Waals surface area (Å²) in [5.74, 6) is 0.0448. The van der Waals surface area contributed by atoms with Crippen LogP contribution in [0, 0.1) is 13.8 Å². The molecular weight excluding hydrogens is 322 g/mol. The minimum absolute atomic E-state index is 0.0448. The molecule has 2 nitrogen and oxygen atoms in total. The fourth-order valence-corrected chi connectivity index (χ4v) is 3.24. The van der Waals surface area contributed by atoms with Crippen LogP contribution in [-0.2, 0) is 6.54 Å². The first-order valence-electron chi connectivity index (χ1n) is 6.03. The Bertz CT molecular complexity index is 606. The number of nitrogens with zero attached hydrogens (tertiary/aromatic N) is 1. The number of halogens is 1. The normalized spacial score (nSPS) is 10.5. The van der Waals surface area contributed by atoms with E-state index in [1.54, 1.807) is 16.2 Å². The molecule has 2 aromatic rings. The molecule has 100 valence electrons. The zero-order valence-electron chi connectivity index (χ0n) is 11.2. The van der Waals surface area contributed by atoms with Gasteiger partial charge in [0.2, 0.25) is 0 Å². The van der Waals surface area contributed by atoms with Crippen molar-refractivity contribution in [1.82, 2.24) is 4.90 Å². The maximum Gasteiger partial charge on any atom is 0.255 e. The molecule has 1 aromatic carbocycles. The summed E-state index contributed by atoms with van der Waals surface area (Å²) in [5.41, 5.74) is 3.05. The molecule has 1 amide bonds. The molecule has 0 atom stereocenters. The molecule has 1 heterocycles. The van der Waals surface area contributed by atoms with Crippen molar-refractivity contribution in [1.29, 1.82) is 0 Å². The Balaban J connectivity index is 2.19. The topological polar surface area (TPSA) is 20.3 Å². The highest BCUT2D eigenvalue weighted by atomic mass is 79.9. The SMILES string of the molecule is Cc1ccc(Br)c(C(=O)N(C)Cc2sccc2C)c1. The van der Waals surface area contributed by atoms with Crippen LogP contribution in [0.25, 0.3) is 0 Å². The molecule has 0 unspecified atom stereocenters. The van der Waals surface area contributed by atoms with E-state index in [0.717, 1.165) is 15.6 Å². The van der Waals surface area contributed by atoms with Crippen molar-refractivity contribution < 1.29 is 4.79 Å². The van der Waals surface area contributed by atoms with Crippen LogP contribution in [0.4, 0.5) is 0 Å². The van der Waals surface area contributed by atoms with Crippen LogP contribution < -0.4 is 0 Å². The number of carbonyl (C=O) groups is 1. The van der Waals surface area contributed by atoms with Gasteiger partial charge in [0, 0.05) is 16.4 Å². The number of carbonyl (C=O) groups excluding carboxylic acids is 1. The van der Waals surface area contributed by atoms with E-state index in [0.29, 0.717) is 6.54 Å². The lowest BCUT2D eigenvalue weighted by atomic mass is 10.1. The number of hydrogen-bond acceptors (Lipinski definition) is 2. The van der Waals surface area contributed by atoms with Crippen molar-refractivity contribution in [2.24, 2.45) is 0 Å². The second-order valence-corrected chi connectivity index (χ2v) is 6.53. The summed E-state index contributed by atoms with van der Waals surface area (Å²) in [7, 11) is 1.84. The minimum atomic E-state index is 0.0448. The van der Waals surface area contributed by atoms with Crippen molar-refractivity contribution in [3.05, 3.63) is 55.7 Å². The fourth-order valence-electron chi connectivity index (χ4n) is 1.86. The molecule has 19 heavy (non-hydrogen) atoms. The summed E-state index contributed by atoms with van der Waals surface area (Å²) in [6.45, 7) is 4.72. The fraction of sp³-hybridized carbons (Fsp3) is 0.267. The first-order chi connectivity index (χ1) is 8.99. The number of thiophene rings is 1. The van der Waals surface area contributed by atoms with Gasteiger partial charge in [-0.05, 0) is 58.9 Å². The molecule has 0 aliphatic rings. The van der Waals surface area contributed by atoms with Crippen molar-refractivity contribution in [2.45, 2.75) is 20.4 Å². The highest BCUT2D eigenvalue weighted by Crippen LogP contribution is 2.22. The van der Waals surface area contributed by atoms with E-state index >= 15 is 0 Å². The van der Waals surface area contributed by atoms with Crippen LogP contribution in [0.3, 0.4) is 0 Å². The summed E-state index contributed by atoms with van der Waals surface area (Å²) < 4.78 is 0.845. The van der Waals surface area contributed by atoms with Gasteiger partial charge in [0.05, 0.1) is 12.1 Å². The number of amides is 1. The van der Waals surface area contributed by atoms with Gasteiger partial charge in [-0.15, -0.1) is 11.3 Å². The van der Waals surface area contributed by atoms with Crippen LogP contribution in [0.15, 0.2) is 34.1 Å². The third-order valence-electron chi connectivity index (χ3n) is 3.05.